The minimum atomic E-state index is -0.199. The van der Waals surface area contributed by atoms with Crippen molar-refractivity contribution in [3.8, 4) is 22.6 Å². The second-order valence-corrected chi connectivity index (χ2v) is 10.6. The molecule has 1 aliphatic carbocycles. The van der Waals surface area contributed by atoms with Gasteiger partial charge in [-0.2, -0.15) is 0 Å². The first-order chi connectivity index (χ1) is 17.9. The number of anilines is 2. The molecule has 1 saturated carbocycles. The van der Waals surface area contributed by atoms with Crippen molar-refractivity contribution in [3.63, 3.8) is 0 Å². The number of methoxy groups -OCH3 is 1. The minimum absolute atomic E-state index is 0.117. The third-order valence-corrected chi connectivity index (χ3v) is 8.00. The number of nitrogens with one attached hydrogen (secondary N) is 1. The van der Waals surface area contributed by atoms with Crippen molar-refractivity contribution >= 4 is 17.4 Å². The number of ether oxygens (including phenoxy) is 2. The molecule has 1 atom stereocenters. The quantitative estimate of drug-likeness (QED) is 0.386. The predicted molar refractivity (Wildman–Crippen MR) is 151 cm³/mol. The smallest absolute Gasteiger partial charge is 0.326 e. The lowest BCUT2D eigenvalue weighted by Crippen LogP contribution is -2.44. The summed E-state index contributed by atoms with van der Waals surface area (Å²) in [6.45, 7) is 6.77. The van der Waals surface area contributed by atoms with Crippen LogP contribution >= 0.6 is 0 Å². The number of carbonyl (C=O) groups excluding carboxylic acids is 1. The summed E-state index contributed by atoms with van der Waals surface area (Å²) in [5, 5.41) is 3.03. The van der Waals surface area contributed by atoms with E-state index in [2.05, 4.69) is 48.6 Å². The van der Waals surface area contributed by atoms with Crippen LogP contribution in [-0.4, -0.2) is 25.8 Å². The first kappa shape index (κ1) is 25.2. The number of urea groups is 1. The Balaban J connectivity index is 1.34. The lowest BCUT2D eigenvalue weighted by molar-refractivity contribution is 0.209. The van der Waals surface area contributed by atoms with Gasteiger partial charge in [-0.1, -0.05) is 49.7 Å². The van der Waals surface area contributed by atoms with Crippen molar-refractivity contribution < 1.29 is 14.3 Å². The average Bonchev–Trinajstić information content (AvgIpc) is 2.92. The summed E-state index contributed by atoms with van der Waals surface area (Å²) in [7, 11) is 1.61. The highest BCUT2D eigenvalue weighted by molar-refractivity contribution is 6.04. The van der Waals surface area contributed by atoms with E-state index in [-0.39, 0.29) is 12.1 Å². The molecule has 5 nitrogen and oxygen atoms in total. The molecule has 0 aromatic heterocycles. The zero-order chi connectivity index (χ0) is 25.9. The number of aryl methyl sites for hydroxylation is 1. The molecule has 5 rings (SSSR count). The fraction of sp³-hybridized carbons (Fsp3) is 0.406. The topological polar surface area (TPSA) is 50.8 Å². The van der Waals surface area contributed by atoms with Crippen LogP contribution in [0.15, 0.2) is 60.7 Å². The van der Waals surface area contributed by atoms with Gasteiger partial charge in [0.05, 0.1) is 25.0 Å². The van der Waals surface area contributed by atoms with Gasteiger partial charge in [-0.25, -0.2) is 4.79 Å². The van der Waals surface area contributed by atoms with Crippen LogP contribution < -0.4 is 19.7 Å². The molecule has 0 radical (unpaired) electrons. The second kappa shape index (κ2) is 10.9. The number of hydrogen-bond acceptors (Lipinski definition) is 3. The highest BCUT2D eigenvalue weighted by Gasteiger charge is 2.29. The number of hydrogen-bond donors (Lipinski definition) is 1. The Hall–Kier alpha value is -3.47. The molecule has 2 aliphatic rings. The fourth-order valence-electron chi connectivity index (χ4n) is 5.77. The summed E-state index contributed by atoms with van der Waals surface area (Å²) < 4.78 is 11.6. The molecule has 3 aromatic rings. The van der Waals surface area contributed by atoms with Crippen molar-refractivity contribution in [3.05, 3.63) is 71.8 Å². The number of fused-ring (bicyclic) bond motifs is 1. The van der Waals surface area contributed by atoms with Crippen LogP contribution in [0.4, 0.5) is 16.2 Å². The zero-order valence-electron chi connectivity index (χ0n) is 22.4. The monoisotopic (exact) mass is 498 g/mol. The third-order valence-electron chi connectivity index (χ3n) is 8.00. The Morgan fingerprint density at radius 2 is 1.73 bits per heavy atom. The van der Waals surface area contributed by atoms with E-state index in [1.54, 1.807) is 12.0 Å². The van der Waals surface area contributed by atoms with Crippen LogP contribution in [0.25, 0.3) is 11.1 Å². The summed E-state index contributed by atoms with van der Waals surface area (Å²) >= 11 is 0. The van der Waals surface area contributed by atoms with E-state index in [4.69, 9.17) is 9.47 Å². The van der Waals surface area contributed by atoms with Gasteiger partial charge in [0.2, 0.25) is 0 Å². The van der Waals surface area contributed by atoms with Crippen molar-refractivity contribution in [1.82, 2.24) is 0 Å². The van der Waals surface area contributed by atoms with E-state index >= 15 is 0 Å². The molecule has 1 N–H and O–H groups in total. The first-order valence-corrected chi connectivity index (χ1v) is 13.6. The maximum atomic E-state index is 13.3. The molecule has 5 heteroatoms. The molecule has 1 heterocycles. The SMILES string of the molecule is CCC1CCC(c2ccc(-c3ccc4c(c3)OC(C)CN4C(=O)Nc3cc(C)ccc3OC)cc2)CC1. The van der Waals surface area contributed by atoms with Crippen molar-refractivity contribution in [2.45, 2.75) is 64.9 Å². The summed E-state index contributed by atoms with van der Waals surface area (Å²) in [4.78, 5) is 15.1. The summed E-state index contributed by atoms with van der Waals surface area (Å²) in [5.41, 5.74) is 6.20. The van der Waals surface area contributed by atoms with Crippen LogP contribution in [0.5, 0.6) is 11.5 Å². The lowest BCUT2D eigenvalue weighted by atomic mass is 9.77. The normalized spacial score (nSPS) is 21.1. The number of carbonyl (C=O) groups is 1. The molecule has 2 amide bonds. The predicted octanol–water partition coefficient (Wildman–Crippen LogP) is 8.17. The zero-order valence-corrected chi connectivity index (χ0v) is 22.4. The van der Waals surface area contributed by atoms with Crippen LogP contribution in [0.3, 0.4) is 0 Å². The van der Waals surface area contributed by atoms with Gasteiger partial charge in [-0.3, -0.25) is 4.90 Å². The highest BCUT2D eigenvalue weighted by atomic mass is 16.5. The van der Waals surface area contributed by atoms with E-state index in [1.165, 1.54) is 37.7 Å². The van der Waals surface area contributed by atoms with Gasteiger partial charge in [0, 0.05) is 0 Å². The molecule has 0 spiro atoms. The Labute approximate surface area is 220 Å². The molecular formula is C32H38N2O3. The van der Waals surface area contributed by atoms with Gasteiger partial charge >= 0.3 is 6.03 Å². The van der Waals surface area contributed by atoms with E-state index in [1.807, 2.05) is 38.1 Å². The van der Waals surface area contributed by atoms with Gasteiger partial charge < -0.3 is 14.8 Å². The molecule has 1 fully saturated rings. The van der Waals surface area contributed by atoms with E-state index < -0.39 is 0 Å². The summed E-state index contributed by atoms with van der Waals surface area (Å²) in [6, 6.07) is 20.7. The third kappa shape index (κ3) is 5.46. The Bertz CT molecular complexity index is 1250. The molecule has 1 aliphatic heterocycles. The van der Waals surface area contributed by atoms with Crippen LogP contribution in [0, 0.1) is 12.8 Å². The summed E-state index contributed by atoms with van der Waals surface area (Å²) in [6.07, 6.45) is 6.50. The van der Waals surface area contributed by atoms with E-state index in [0.717, 1.165) is 34.0 Å². The Morgan fingerprint density at radius 1 is 1.00 bits per heavy atom. The average molecular weight is 499 g/mol. The number of nitrogens with zero attached hydrogens (tertiary/aromatic N) is 1. The fourth-order valence-corrected chi connectivity index (χ4v) is 5.77. The second-order valence-electron chi connectivity index (χ2n) is 10.6. The van der Waals surface area contributed by atoms with Gasteiger partial charge in [0.25, 0.3) is 0 Å². The van der Waals surface area contributed by atoms with Crippen LogP contribution in [0.2, 0.25) is 0 Å². The lowest BCUT2D eigenvalue weighted by Gasteiger charge is -2.34. The molecule has 1 unspecified atom stereocenters. The van der Waals surface area contributed by atoms with Crippen molar-refractivity contribution in [2.75, 3.05) is 23.9 Å². The Morgan fingerprint density at radius 3 is 2.43 bits per heavy atom. The van der Waals surface area contributed by atoms with Crippen molar-refractivity contribution in [1.29, 1.82) is 0 Å². The van der Waals surface area contributed by atoms with Crippen LogP contribution in [0.1, 0.15) is 63.0 Å². The Kier molecular flexibility index (Phi) is 7.40. The van der Waals surface area contributed by atoms with Crippen LogP contribution in [-0.2, 0) is 0 Å². The molecule has 0 bridgehead atoms. The van der Waals surface area contributed by atoms with E-state index in [0.29, 0.717) is 23.9 Å². The molecule has 194 valence electrons. The largest absolute Gasteiger partial charge is 0.495 e. The standard InChI is InChI=1S/C32H38N2O3/c1-5-23-7-9-24(10-8-23)25-11-13-26(14-12-25)27-15-16-29-31(19-27)37-22(3)20-34(29)32(35)33-28-18-21(2)6-17-30(28)36-4/h6,11-19,22-24H,5,7-10,20H2,1-4H3,(H,33,35). The van der Waals surface area contributed by atoms with E-state index in [9.17, 15) is 4.79 Å². The molecule has 37 heavy (non-hydrogen) atoms. The highest BCUT2D eigenvalue weighted by Crippen LogP contribution is 2.40. The van der Waals surface area contributed by atoms with Gasteiger partial charge in [-0.15, -0.1) is 0 Å². The van der Waals surface area contributed by atoms with Gasteiger partial charge in [0.15, 0.2) is 0 Å². The van der Waals surface area contributed by atoms with Gasteiger partial charge in [0.1, 0.15) is 17.6 Å². The summed E-state index contributed by atoms with van der Waals surface area (Å²) in [5.74, 6) is 2.96. The maximum Gasteiger partial charge on any atom is 0.326 e. The number of benzene rings is 3. The number of rotatable bonds is 5. The van der Waals surface area contributed by atoms with Gasteiger partial charge in [-0.05, 0) is 97.9 Å². The first-order valence-electron chi connectivity index (χ1n) is 13.6. The minimum Gasteiger partial charge on any atom is -0.495 e. The molecule has 3 aromatic carbocycles. The number of amides is 2. The maximum absolute atomic E-state index is 13.3. The molecule has 0 saturated heterocycles. The van der Waals surface area contributed by atoms with Crippen molar-refractivity contribution in [2.24, 2.45) is 5.92 Å². The molecular weight excluding hydrogens is 460 g/mol.